The molecule has 2 heteroatoms. The maximum absolute atomic E-state index is 12.1. The molecule has 134 valence electrons. The summed E-state index contributed by atoms with van der Waals surface area (Å²) in [6, 6.07) is 7.62. The molecule has 0 saturated carbocycles. The molecule has 24 heavy (non-hydrogen) atoms. The van der Waals surface area contributed by atoms with Crippen LogP contribution in [0.5, 0.6) is 0 Å². The first-order valence-corrected chi connectivity index (χ1v) is 9.81. The number of ketones is 2. The number of benzene rings is 1. The van der Waals surface area contributed by atoms with Crippen LogP contribution in [0, 0.1) is 0 Å². The summed E-state index contributed by atoms with van der Waals surface area (Å²) in [4.78, 5) is 24.0. The molecule has 0 N–H and O–H groups in total. The second-order valence-electron chi connectivity index (χ2n) is 6.77. The first kappa shape index (κ1) is 20.6. The summed E-state index contributed by atoms with van der Waals surface area (Å²) in [7, 11) is 0. The highest BCUT2D eigenvalue weighted by Gasteiger charge is 2.11. The smallest absolute Gasteiger partial charge is 0.170 e. The lowest BCUT2D eigenvalue weighted by Gasteiger charge is -2.03. The van der Waals surface area contributed by atoms with Crippen molar-refractivity contribution in [3.63, 3.8) is 0 Å². The Morgan fingerprint density at radius 3 is 1.83 bits per heavy atom. The molecule has 2 nitrogen and oxygen atoms in total. The number of aryl methyl sites for hydroxylation is 1. The molecule has 0 saturated heterocycles. The molecule has 1 rings (SSSR count). The van der Waals surface area contributed by atoms with Gasteiger partial charge in [-0.3, -0.25) is 9.59 Å². The van der Waals surface area contributed by atoms with Gasteiger partial charge < -0.3 is 0 Å². The Balaban J connectivity index is 2.09. The SMILES string of the molecule is CCCCCCCCCCCC(=O)CC(=O)c1ccc(CC)cc1. The van der Waals surface area contributed by atoms with Gasteiger partial charge in [0.15, 0.2) is 5.78 Å². The fourth-order valence-corrected chi connectivity index (χ4v) is 2.93. The van der Waals surface area contributed by atoms with Gasteiger partial charge >= 0.3 is 0 Å². The van der Waals surface area contributed by atoms with Gasteiger partial charge in [-0.05, 0) is 18.4 Å². The molecule has 0 bridgehead atoms. The molecule has 0 atom stereocenters. The summed E-state index contributed by atoms with van der Waals surface area (Å²) in [5, 5.41) is 0. The highest BCUT2D eigenvalue weighted by Crippen LogP contribution is 2.12. The quantitative estimate of drug-likeness (QED) is 0.227. The van der Waals surface area contributed by atoms with Crippen LogP contribution in [0.2, 0.25) is 0 Å². The highest BCUT2D eigenvalue weighted by atomic mass is 16.1. The molecule has 1 aromatic carbocycles. The molecule has 0 unspecified atom stereocenters. The van der Waals surface area contributed by atoms with Gasteiger partial charge in [0.25, 0.3) is 0 Å². The summed E-state index contributed by atoms with van der Waals surface area (Å²) < 4.78 is 0. The second-order valence-corrected chi connectivity index (χ2v) is 6.77. The monoisotopic (exact) mass is 330 g/mol. The van der Waals surface area contributed by atoms with Crippen molar-refractivity contribution in [2.24, 2.45) is 0 Å². The fraction of sp³-hybridized carbons (Fsp3) is 0.636. The van der Waals surface area contributed by atoms with Crippen molar-refractivity contribution in [2.45, 2.75) is 90.9 Å². The minimum absolute atomic E-state index is 0.0430. The number of hydrogen-bond acceptors (Lipinski definition) is 2. The van der Waals surface area contributed by atoms with Crippen molar-refractivity contribution in [3.05, 3.63) is 35.4 Å². The van der Waals surface area contributed by atoms with Crippen LogP contribution in [-0.2, 0) is 11.2 Å². The minimum atomic E-state index is -0.0430. The molecule has 0 aliphatic heterocycles. The van der Waals surface area contributed by atoms with Crippen molar-refractivity contribution in [1.29, 1.82) is 0 Å². The van der Waals surface area contributed by atoms with E-state index in [1.54, 1.807) is 0 Å². The lowest BCUT2D eigenvalue weighted by atomic mass is 10.0. The third-order valence-electron chi connectivity index (χ3n) is 4.60. The van der Waals surface area contributed by atoms with E-state index < -0.39 is 0 Å². The minimum Gasteiger partial charge on any atom is -0.299 e. The molecular formula is C22H34O2. The van der Waals surface area contributed by atoms with E-state index in [9.17, 15) is 9.59 Å². The molecule has 0 aliphatic carbocycles. The zero-order valence-corrected chi connectivity index (χ0v) is 15.6. The van der Waals surface area contributed by atoms with Crippen LogP contribution in [0.15, 0.2) is 24.3 Å². The van der Waals surface area contributed by atoms with Crippen LogP contribution in [0.25, 0.3) is 0 Å². The van der Waals surface area contributed by atoms with Gasteiger partial charge in [-0.1, -0.05) is 89.5 Å². The van der Waals surface area contributed by atoms with E-state index >= 15 is 0 Å². The molecule has 0 amide bonds. The highest BCUT2D eigenvalue weighted by molar-refractivity contribution is 6.07. The van der Waals surface area contributed by atoms with Gasteiger partial charge in [0.2, 0.25) is 0 Å². The van der Waals surface area contributed by atoms with Crippen molar-refractivity contribution < 1.29 is 9.59 Å². The van der Waals surface area contributed by atoms with Crippen LogP contribution in [0.1, 0.15) is 100 Å². The third kappa shape index (κ3) is 9.00. The van der Waals surface area contributed by atoms with Gasteiger partial charge in [-0.15, -0.1) is 0 Å². The first-order valence-electron chi connectivity index (χ1n) is 9.81. The summed E-state index contributed by atoms with van der Waals surface area (Å²) in [5.74, 6) is 0.0427. The average molecular weight is 331 g/mol. The Kier molecular flexibility index (Phi) is 11.1. The van der Waals surface area contributed by atoms with Gasteiger partial charge in [0.05, 0.1) is 6.42 Å². The van der Waals surface area contributed by atoms with E-state index in [2.05, 4.69) is 13.8 Å². The molecule has 0 aromatic heterocycles. The summed E-state index contributed by atoms with van der Waals surface area (Å²) in [5.41, 5.74) is 1.88. The van der Waals surface area contributed by atoms with Gasteiger partial charge in [0.1, 0.15) is 5.78 Å². The van der Waals surface area contributed by atoms with Gasteiger partial charge in [0, 0.05) is 12.0 Å². The fourth-order valence-electron chi connectivity index (χ4n) is 2.93. The normalized spacial score (nSPS) is 10.8. The number of Topliss-reactive ketones (excluding diaryl/α,β-unsaturated/α-hetero) is 2. The third-order valence-corrected chi connectivity index (χ3v) is 4.60. The lowest BCUT2D eigenvalue weighted by molar-refractivity contribution is -0.118. The van der Waals surface area contributed by atoms with Gasteiger partial charge in [-0.2, -0.15) is 0 Å². The lowest BCUT2D eigenvalue weighted by Crippen LogP contribution is -2.08. The molecule has 0 radical (unpaired) electrons. The zero-order valence-electron chi connectivity index (χ0n) is 15.6. The Bertz CT molecular complexity index is 473. The predicted molar refractivity (Wildman–Crippen MR) is 102 cm³/mol. The largest absolute Gasteiger partial charge is 0.299 e. The van der Waals surface area contributed by atoms with E-state index in [-0.39, 0.29) is 18.0 Å². The first-order chi connectivity index (χ1) is 11.7. The number of rotatable bonds is 14. The van der Waals surface area contributed by atoms with Crippen LogP contribution < -0.4 is 0 Å². The number of hydrogen-bond donors (Lipinski definition) is 0. The van der Waals surface area contributed by atoms with Crippen LogP contribution in [-0.4, -0.2) is 11.6 Å². The van der Waals surface area contributed by atoms with Gasteiger partial charge in [-0.25, -0.2) is 0 Å². The van der Waals surface area contributed by atoms with Crippen molar-refractivity contribution in [3.8, 4) is 0 Å². The molecular weight excluding hydrogens is 296 g/mol. The maximum atomic E-state index is 12.1. The Labute approximate surface area is 148 Å². The zero-order chi connectivity index (χ0) is 17.6. The molecule has 0 fully saturated rings. The molecule has 0 spiro atoms. The van der Waals surface area contributed by atoms with Crippen LogP contribution >= 0.6 is 0 Å². The van der Waals surface area contributed by atoms with Crippen molar-refractivity contribution >= 4 is 11.6 Å². The van der Waals surface area contributed by atoms with E-state index in [0.717, 1.165) is 19.3 Å². The maximum Gasteiger partial charge on any atom is 0.170 e. The predicted octanol–water partition coefficient (Wildman–Crippen LogP) is 6.31. The summed E-state index contributed by atoms with van der Waals surface area (Å²) in [6.45, 7) is 4.33. The summed E-state index contributed by atoms with van der Waals surface area (Å²) in [6.07, 6.45) is 12.8. The number of carbonyl (C=O) groups is 2. The Morgan fingerprint density at radius 1 is 0.750 bits per heavy atom. The Morgan fingerprint density at radius 2 is 1.29 bits per heavy atom. The topological polar surface area (TPSA) is 34.1 Å². The van der Waals surface area contributed by atoms with E-state index in [1.807, 2.05) is 24.3 Å². The van der Waals surface area contributed by atoms with E-state index in [1.165, 1.54) is 50.5 Å². The second kappa shape index (κ2) is 12.9. The molecule has 1 aromatic rings. The standard InChI is InChI=1S/C22H34O2/c1-3-5-6-7-8-9-10-11-12-13-21(23)18-22(24)20-16-14-19(4-2)15-17-20/h14-17H,3-13,18H2,1-2H3. The van der Waals surface area contributed by atoms with E-state index in [0.29, 0.717) is 12.0 Å². The Hall–Kier alpha value is -1.44. The van der Waals surface area contributed by atoms with Crippen molar-refractivity contribution in [2.75, 3.05) is 0 Å². The average Bonchev–Trinajstić information content (AvgIpc) is 2.60. The molecule has 0 aliphatic rings. The van der Waals surface area contributed by atoms with Crippen LogP contribution in [0.3, 0.4) is 0 Å². The van der Waals surface area contributed by atoms with Crippen molar-refractivity contribution in [1.82, 2.24) is 0 Å². The van der Waals surface area contributed by atoms with E-state index in [4.69, 9.17) is 0 Å². The number of unbranched alkanes of at least 4 members (excludes halogenated alkanes) is 8. The number of carbonyl (C=O) groups excluding carboxylic acids is 2. The summed E-state index contributed by atoms with van der Waals surface area (Å²) >= 11 is 0. The van der Waals surface area contributed by atoms with Crippen LogP contribution in [0.4, 0.5) is 0 Å². The molecule has 0 heterocycles.